The number of carboxylic acids is 1. The van der Waals surface area contributed by atoms with E-state index in [-0.39, 0.29) is 23.3 Å². The Labute approximate surface area is 157 Å². The second kappa shape index (κ2) is 5.88. The van der Waals surface area contributed by atoms with Crippen LogP contribution in [0.4, 0.5) is 23.7 Å². The Balaban J connectivity index is 1.76. The monoisotopic (exact) mass is 392 g/mol. The van der Waals surface area contributed by atoms with Crippen LogP contribution in [0.25, 0.3) is 0 Å². The van der Waals surface area contributed by atoms with E-state index in [1.165, 1.54) is 29.2 Å². The largest absolute Gasteiger partial charge is 0.478 e. The number of carboxylic acid groups (broad SMARTS) is 1. The van der Waals surface area contributed by atoms with Crippen molar-refractivity contribution in [1.29, 1.82) is 0 Å². The number of halogens is 3. The number of aromatic carboxylic acids is 1. The van der Waals surface area contributed by atoms with Crippen molar-refractivity contribution in [3.05, 3.63) is 59.2 Å². The molecule has 0 spiro atoms. The molecule has 6 nitrogen and oxygen atoms in total. The molecular formula is C19H15F3N2O4. The SMILES string of the molecule is CC12CC(NC(=O)N1c1cccc(C(=O)O)c1)c1cc(C(F)(F)F)ccc1O2. The second-order valence-electron chi connectivity index (χ2n) is 6.92. The standard InChI is InChI=1S/C19H15F3N2O4/c1-18-9-14(13-8-11(19(20,21)22)5-6-15(13)28-18)23-17(27)24(18)12-4-2-3-10(7-12)16(25)26/h2-8,14H,9H2,1H3,(H,23,27)(H,25,26). The fraction of sp³-hybridized carbons (Fsp3) is 0.263. The third kappa shape index (κ3) is 2.83. The molecular weight excluding hydrogens is 377 g/mol. The lowest BCUT2D eigenvalue weighted by Crippen LogP contribution is -2.65. The highest BCUT2D eigenvalue weighted by atomic mass is 19.4. The van der Waals surface area contributed by atoms with Crippen LogP contribution >= 0.6 is 0 Å². The minimum absolute atomic E-state index is 0.00190. The summed E-state index contributed by atoms with van der Waals surface area (Å²) in [7, 11) is 0. The zero-order valence-electron chi connectivity index (χ0n) is 14.6. The summed E-state index contributed by atoms with van der Waals surface area (Å²) in [6, 6.07) is 7.75. The molecule has 146 valence electrons. The Hall–Kier alpha value is -3.23. The summed E-state index contributed by atoms with van der Waals surface area (Å²) >= 11 is 0. The van der Waals surface area contributed by atoms with Crippen LogP contribution in [0.3, 0.4) is 0 Å². The van der Waals surface area contributed by atoms with Gasteiger partial charge in [0, 0.05) is 12.0 Å². The van der Waals surface area contributed by atoms with E-state index < -0.39 is 35.5 Å². The molecule has 9 heteroatoms. The molecule has 0 radical (unpaired) electrons. The lowest BCUT2D eigenvalue weighted by molar-refractivity contribution is -0.137. The number of hydrogen-bond donors (Lipinski definition) is 2. The van der Waals surface area contributed by atoms with E-state index in [0.29, 0.717) is 5.69 Å². The maximum atomic E-state index is 13.0. The number of alkyl halides is 3. The van der Waals surface area contributed by atoms with Crippen molar-refractivity contribution in [1.82, 2.24) is 5.32 Å². The zero-order valence-corrected chi connectivity index (χ0v) is 14.6. The van der Waals surface area contributed by atoms with Crippen LogP contribution in [0.15, 0.2) is 42.5 Å². The van der Waals surface area contributed by atoms with Crippen LogP contribution in [0, 0.1) is 0 Å². The summed E-state index contributed by atoms with van der Waals surface area (Å²) in [6.45, 7) is 1.65. The number of ether oxygens (including phenoxy) is 1. The summed E-state index contributed by atoms with van der Waals surface area (Å²) < 4.78 is 45.0. The quantitative estimate of drug-likeness (QED) is 0.804. The fourth-order valence-electron chi connectivity index (χ4n) is 3.72. The van der Waals surface area contributed by atoms with Gasteiger partial charge in [-0.1, -0.05) is 6.07 Å². The predicted molar refractivity (Wildman–Crippen MR) is 92.2 cm³/mol. The van der Waals surface area contributed by atoms with E-state index in [1.807, 2.05) is 0 Å². The second-order valence-corrected chi connectivity index (χ2v) is 6.92. The minimum atomic E-state index is -4.50. The van der Waals surface area contributed by atoms with Gasteiger partial charge in [0.15, 0.2) is 5.72 Å². The molecule has 1 fully saturated rings. The average Bonchev–Trinajstić information content (AvgIpc) is 2.60. The molecule has 2 amide bonds. The van der Waals surface area contributed by atoms with Gasteiger partial charge in [-0.2, -0.15) is 13.2 Å². The molecule has 2 N–H and O–H groups in total. The first kappa shape index (κ1) is 18.1. The van der Waals surface area contributed by atoms with Crippen molar-refractivity contribution >= 4 is 17.7 Å². The van der Waals surface area contributed by atoms with Gasteiger partial charge in [0.2, 0.25) is 0 Å². The number of nitrogens with one attached hydrogen (secondary N) is 1. The van der Waals surface area contributed by atoms with Gasteiger partial charge in [0.1, 0.15) is 5.75 Å². The molecule has 0 saturated carbocycles. The number of nitrogens with zero attached hydrogens (tertiary/aromatic N) is 1. The van der Waals surface area contributed by atoms with E-state index in [2.05, 4.69) is 5.32 Å². The van der Waals surface area contributed by atoms with Gasteiger partial charge < -0.3 is 15.2 Å². The highest BCUT2D eigenvalue weighted by molar-refractivity contribution is 5.97. The Morgan fingerprint density at radius 2 is 2.04 bits per heavy atom. The molecule has 28 heavy (non-hydrogen) atoms. The summed E-state index contributed by atoms with van der Waals surface area (Å²) in [6.07, 6.45) is -4.30. The van der Waals surface area contributed by atoms with Crippen molar-refractivity contribution < 1.29 is 32.6 Å². The Morgan fingerprint density at radius 1 is 1.29 bits per heavy atom. The smallest absolute Gasteiger partial charge is 0.416 e. The minimum Gasteiger partial charge on any atom is -0.478 e. The van der Waals surface area contributed by atoms with Gasteiger partial charge in [-0.05, 0) is 43.3 Å². The van der Waals surface area contributed by atoms with Gasteiger partial charge >= 0.3 is 18.2 Å². The molecule has 2 aliphatic heterocycles. The zero-order chi connectivity index (χ0) is 20.3. The third-order valence-electron chi connectivity index (χ3n) is 4.95. The molecule has 2 unspecified atom stereocenters. The van der Waals surface area contributed by atoms with Crippen molar-refractivity contribution in [2.75, 3.05) is 4.90 Å². The number of rotatable bonds is 2. The number of urea groups is 1. The van der Waals surface area contributed by atoms with Crippen LogP contribution in [-0.4, -0.2) is 22.8 Å². The molecule has 2 bridgehead atoms. The number of amides is 2. The maximum Gasteiger partial charge on any atom is 0.416 e. The molecule has 0 aliphatic carbocycles. The third-order valence-corrected chi connectivity index (χ3v) is 4.95. The first-order chi connectivity index (χ1) is 13.1. The van der Waals surface area contributed by atoms with E-state index in [9.17, 15) is 27.9 Å². The normalized spacial score (nSPS) is 23.5. The molecule has 4 rings (SSSR count). The molecule has 2 heterocycles. The number of carbonyl (C=O) groups excluding carboxylic acids is 1. The van der Waals surface area contributed by atoms with Gasteiger partial charge in [-0.25, -0.2) is 9.59 Å². The lowest BCUT2D eigenvalue weighted by Gasteiger charge is -2.50. The Bertz CT molecular complexity index is 991. The number of benzene rings is 2. The fourth-order valence-corrected chi connectivity index (χ4v) is 3.72. The van der Waals surface area contributed by atoms with Crippen LogP contribution in [-0.2, 0) is 6.18 Å². The van der Waals surface area contributed by atoms with Crippen LogP contribution in [0.2, 0.25) is 0 Å². The Morgan fingerprint density at radius 3 is 2.71 bits per heavy atom. The molecule has 2 aromatic rings. The number of anilines is 1. The highest BCUT2D eigenvalue weighted by Crippen LogP contribution is 2.47. The van der Waals surface area contributed by atoms with E-state index in [1.54, 1.807) is 13.0 Å². The summed E-state index contributed by atoms with van der Waals surface area (Å²) in [5, 5.41) is 11.9. The first-order valence-corrected chi connectivity index (χ1v) is 8.43. The summed E-state index contributed by atoms with van der Waals surface area (Å²) in [4.78, 5) is 25.3. The molecule has 2 aromatic carbocycles. The number of hydrogen-bond acceptors (Lipinski definition) is 3. The first-order valence-electron chi connectivity index (χ1n) is 8.43. The van der Waals surface area contributed by atoms with Crippen molar-refractivity contribution in [3.63, 3.8) is 0 Å². The van der Waals surface area contributed by atoms with E-state index >= 15 is 0 Å². The van der Waals surface area contributed by atoms with Crippen LogP contribution < -0.4 is 15.0 Å². The maximum absolute atomic E-state index is 13.0. The topological polar surface area (TPSA) is 78.9 Å². The van der Waals surface area contributed by atoms with Gasteiger partial charge in [-0.15, -0.1) is 0 Å². The van der Waals surface area contributed by atoms with Crippen molar-refractivity contribution in [2.24, 2.45) is 0 Å². The lowest BCUT2D eigenvalue weighted by atomic mass is 9.89. The van der Waals surface area contributed by atoms with Crippen LogP contribution in [0.5, 0.6) is 5.75 Å². The molecule has 0 aromatic heterocycles. The number of fused-ring (bicyclic) bond motifs is 4. The van der Waals surface area contributed by atoms with Crippen LogP contribution in [0.1, 0.15) is 40.9 Å². The molecule has 1 saturated heterocycles. The highest BCUT2D eigenvalue weighted by Gasteiger charge is 2.50. The average molecular weight is 392 g/mol. The Kier molecular flexibility index (Phi) is 3.81. The molecule has 2 aliphatic rings. The summed E-state index contributed by atoms with van der Waals surface area (Å²) in [5.74, 6) is -0.900. The van der Waals surface area contributed by atoms with Crippen molar-refractivity contribution in [3.8, 4) is 5.75 Å². The van der Waals surface area contributed by atoms with Crippen molar-refractivity contribution in [2.45, 2.75) is 31.3 Å². The molecule has 2 atom stereocenters. The summed E-state index contributed by atoms with van der Waals surface area (Å²) in [5.41, 5.74) is -1.42. The van der Waals surface area contributed by atoms with E-state index in [4.69, 9.17) is 4.74 Å². The predicted octanol–water partition coefficient (Wildman–Crippen LogP) is 4.17. The van der Waals surface area contributed by atoms with Gasteiger partial charge in [0.05, 0.1) is 22.9 Å². The van der Waals surface area contributed by atoms with Gasteiger partial charge in [0.25, 0.3) is 0 Å². The number of carbonyl (C=O) groups is 2. The van der Waals surface area contributed by atoms with Gasteiger partial charge in [-0.3, -0.25) is 4.90 Å². The van der Waals surface area contributed by atoms with E-state index in [0.717, 1.165) is 12.1 Å².